The Morgan fingerprint density at radius 3 is 1.68 bits per heavy atom. The number of Topliss-reactive ketones (excluding diaryl/α,β-unsaturated/α-hetero) is 1. The number of likely N-dealkylation sites (tertiary alicyclic amines) is 1. The van der Waals surface area contributed by atoms with Crippen molar-refractivity contribution in [2.75, 3.05) is 6.54 Å². The lowest BCUT2D eigenvalue weighted by atomic mass is 10.0. The summed E-state index contributed by atoms with van der Waals surface area (Å²) < 4.78 is 94.4. The fourth-order valence-corrected chi connectivity index (χ4v) is 5.34. The van der Waals surface area contributed by atoms with Gasteiger partial charge in [-0.15, -0.1) is 0 Å². The molecule has 2 atom stereocenters. The molecule has 284 valence electrons. The van der Waals surface area contributed by atoms with Gasteiger partial charge in [-0.25, -0.2) is 29.1 Å². The number of rotatable bonds is 7. The van der Waals surface area contributed by atoms with Gasteiger partial charge >= 0.3 is 18.4 Å². The van der Waals surface area contributed by atoms with Gasteiger partial charge in [-0.3, -0.25) is 19.7 Å². The minimum atomic E-state index is -4.67. The number of ketones is 1. The molecule has 0 spiro atoms. The first-order valence-electron chi connectivity index (χ1n) is 15.6. The zero-order valence-electron chi connectivity index (χ0n) is 28.1. The molecule has 4 aromatic rings. The summed E-state index contributed by atoms with van der Waals surface area (Å²) in [6.07, 6.45) is -4.47. The Balaban J connectivity index is 0.000000278. The van der Waals surface area contributed by atoms with Gasteiger partial charge in [0.2, 0.25) is 11.6 Å². The number of halogens is 9. The van der Waals surface area contributed by atoms with Gasteiger partial charge in [0.05, 0.1) is 28.3 Å². The summed E-state index contributed by atoms with van der Waals surface area (Å²) in [7, 11) is 0. The Hall–Kier alpha value is -4.55. The first kappa shape index (κ1) is 41.2. The van der Waals surface area contributed by atoms with E-state index >= 15 is 0 Å². The Morgan fingerprint density at radius 1 is 0.792 bits per heavy atom. The monoisotopic (exact) mass is 790 g/mol. The summed E-state index contributed by atoms with van der Waals surface area (Å²) in [5.74, 6) is -2.81. The number of hydrogen-bond acceptors (Lipinski definition) is 10. The highest BCUT2D eigenvalue weighted by Crippen LogP contribution is 2.32. The highest BCUT2D eigenvalue weighted by Gasteiger charge is 2.41. The standard InChI is InChI=1S/C22H23ClF4N4O3.C11H8ClF3N4/c1-21(2,3)34-20(33)31-11-13(24)6-17(31)18(32)5-4-14-7-15(16(23)10-28-14)12-8-29-19(30-9-12)22(25,26)27;12-9-5-17-7(2-16)1-8(9)6-3-18-10(19-4-6)11(13,14)15/h7-10,13,17H,4-6,11H2,1-3H3;1,3-5H,2,16H2/t13-,17+;/m1./s1. The van der Waals surface area contributed by atoms with Crippen LogP contribution >= 0.6 is 23.2 Å². The Kier molecular flexibility index (Phi) is 12.9. The molecule has 0 saturated carbocycles. The lowest BCUT2D eigenvalue weighted by molar-refractivity contribution is -0.145. The summed E-state index contributed by atoms with van der Waals surface area (Å²) in [5.41, 5.74) is 7.13. The fourth-order valence-electron chi connectivity index (χ4n) is 4.91. The average Bonchev–Trinajstić information content (AvgIpc) is 3.49. The van der Waals surface area contributed by atoms with E-state index in [4.69, 9.17) is 33.7 Å². The second kappa shape index (κ2) is 16.6. The van der Waals surface area contributed by atoms with Crippen molar-refractivity contribution < 1.29 is 45.1 Å². The molecule has 53 heavy (non-hydrogen) atoms. The molecule has 4 aromatic heterocycles. The van der Waals surface area contributed by atoms with Gasteiger partial charge in [-0.2, -0.15) is 26.3 Å². The number of hydrogen-bond donors (Lipinski definition) is 1. The first-order chi connectivity index (χ1) is 24.7. The topological polar surface area (TPSA) is 150 Å². The molecule has 1 saturated heterocycles. The smallest absolute Gasteiger partial charge is 0.444 e. The highest BCUT2D eigenvalue weighted by molar-refractivity contribution is 6.33. The van der Waals surface area contributed by atoms with E-state index in [-0.39, 0.29) is 48.7 Å². The summed E-state index contributed by atoms with van der Waals surface area (Å²) in [6.45, 7) is 5.01. The molecular weight excluding hydrogens is 760 g/mol. The third kappa shape index (κ3) is 11.2. The summed E-state index contributed by atoms with van der Waals surface area (Å²) >= 11 is 12.1. The predicted molar refractivity (Wildman–Crippen MR) is 178 cm³/mol. The van der Waals surface area contributed by atoms with Gasteiger partial charge in [0.15, 0.2) is 5.78 Å². The number of nitrogens with two attached hydrogens (primary N) is 1. The minimum Gasteiger partial charge on any atom is -0.444 e. The van der Waals surface area contributed by atoms with Crippen molar-refractivity contribution in [2.24, 2.45) is 5.73 Å². The van der Waals surface area contributed by atoms with E-state index in [0.29, 0.717) is 33.1 Å². The molecule has 0 bridgehead atoms. The summed E-state index contributed by atoms with van der Waals surface area (Å²) in [6, 6.07) is 2.17. The molecule has 1 amide bonds. The highest BCUT2D eigenvalue weighted by atomic mass is 35.5. The molecule has 0 aliphatic carbocycles. The third-order valence-electron chi connectivity index (χ3n) is 7.34. The van der Waals surface area contributed by atoms with Crippen LogP contribution in [-0.2, 0) is 34.8 Å². The Morgan fingerprint density at radius 2 is 1.25 bits per heavy atom. The van der Waals surface area contributed by atoms with Crippen molar-refractivity contribution in [1.29, 1.82) is 0 Å². The molecule has 1 aliphatic heterocycles. The van der Waals surface area contributed by atoms with Gasteiger partial charge < -0.3 is 10.5 Å². The van der Waals surface area contributed by atoms with Crippen LogP contribution in [0.3, 0.4) is 0 Å². The van der Waals surface area contributed by atoms with Crippen LogP contribution in [0.1, 0.15) is 56.6 Å². The molecule has 0 unspecified atom stereocenters. The van der Waals surface area contributed by atoms with Crippen LogP contribution < -0.4 is 5.73 Å². The molecule has 0 aromatic carbocycles. The molecule has 5 heterocycles. The maximum atomic E-state index is 14.0. The van der Waals surface area contributed by atoms with E-state index in [2.05, 4.69) is 29.9 Å². The zero-order chi connectivity index (χ0) is 39.3. The van der Waals surface area contributed by atoms with Crippen molar-refractivity contribution in [1.82, 2.24) is 34.8 Å². The van der Waals surface area contributed by atoms with E-state index in [9.17, 15) is 40.3 Å². The molecule has 2 N–H and O–H groups in total. The lowest BCUT2D eigenvalue weighted by Gasteiger charge is -2.27. The average molecular weight is 792 g/mol. The maximum absolute atomic E-state index is 14.0. The van der Waals surface area contributed by atoms with Crippen molar-refractivity contribution in [3.8, 4) is 22.3 Å². The van der Waals surface area contributed by atoms with Crippen LogP contribution in [-0.4, -0.2) is 71.0 Å². The summed E-state index contributed by atoms with van der Waals surface area (Å²) in [4.78, 5) is 47.6. The second-order valence-electron chi connectivity index (χ2n) is 12.5. The van der Waals surface area contributed by atoms with Crippen LogP contribution in [0.15, 0.2) is 49.3 Å². The molecule has 5 rings (SSSR count). The van der Waals surface area contributed by atoms with Crippen LogP contribution in [0.4, 0.5) is 35.5 Å². The van der Waals surface area contributed by atoms with Crippen molar-refractivity contribution >= 4 is 35.1 Å². The fraction of sp³-hybridized carbons (Fsp3) is 0.394. The SMILES string of the molecule is CC(C)(C)OC(=O)N1C[C@H](F)C[C@H]1C(=O)CCc1cc(-c2cnc(C(F)(F)F)nc2)c(Cl)cn1.NCc1cc(-c2cnc(C(F)(F)F)nc2)c(Cl)cn1. The number of alkyl halides is 7. The number of amides is 1. The van der Waals surface area contributed by atoms with Crippen molar-refractivity contribution in [3.05, 3.63) is 82.4 Å². The number of aryl methyl sites for hydroxylation is 1. The van der Waals surface area contributed by atoms with E-state index in [1.807, 2.05) is 0 Å². The number of carbonyl (C=O) groups excluding carboxylic acids is 2. The molecular formula is C33H31Cl2F7N8O3. The zero-order valence-corrected chi connectivity index (χ0v) is 29.7. The number of carbonyl (C=O) groups is 2. The third-order valence-corrected chi connectivity index (χ3v) is 7.95. The van der Waals surface area contributed by atoms with Crippen LogP contribution in [0.5, 0.6) is 0 Å². The van der Waals surface area contributed by atoms with Gasteiger partial charge in [0.25, 0.3) is 0 Å². The van der Waals surface area contributed by atoms with E-state index < -0.39 is 47.9 Å². The van der Waals surface area contributed by atoms with Crippen LogP contribution in [0, 0.1) is 0 Å². The molecule has 1 aliphatic rings. The molecule has 11 nitrogen and oxygen atoms in total. The van der Waals surface area contributed by atoms with E-state index in [1.165, 1.54) is 18.5 Å². The Bertz CT molecular complexity index is 1910. The van der Waals surface area contributed by atoms with Gasteiger partial charge in [0.1, 0.15) is 11.8 Å². The summed E-state index contributed by atoms with van der Waals surface area (Å²) in [5, 5.41) is 0.464. The largest absolute Gasteiger partial charge is 0.451 e. The van der Waals surface area contributed by atoms with Crippen molar-refractivity contribution in [2.45, 2.75) is 76.7 Å². The normalized spacial score (nSPS) is 16.2. The molecule has 1 fully saturated rings. The van der Waals surface area contributed by atoms with Crippen LogP contribution in [0.25, 0.3) is 22.3 Å². The Labute approximate surface area is 308 Å². The second-order valence-corrected chi connectivity index (χ2v) is 13.4. The first-order valence-corrected chi connectivity index (χ1v) is 16.4. The number of pyridine rings is 2. The van der Waals surface area contributed by atoms with Gasteiger partial charge in [0, 0.05) is 84.5 Å². The van der Waals surface area contributed by atoms with Crippen molar-refractivity contribution in [3.63, 3.8) is 0 Å². The minimum absolute atomic E-state index is 0.0335. The lowest BCUT2D eigenvalue weighted by Crippen LogP contribution is -2.43. The number of aromatic nitrogens is 6. The van der Waals surface area contributed by atoms with Gasteiger partial charge in [-0.05, 0) is 39.3 Å². The quantitative estimate of drug-likeness (QED) is 0.184. The predicted octanol–water partition coefficient (Wildman–Crippen LogP) is 7.73. The molecule has 0 radical (unpaired) electrons. The molecule has 20 heteroatoms. The number of nitrogens with zero attached hydrogens (tertiary/aromatic N) is 7. The van der Waals surface area contributed by atoms with E-state index in [0.717, 1.165) is 29.7 Å². The number of ether oxygens (including phenoxy) is 1. The maximum Gasteiger partial charge on any atom is 0.451 e. The van der Waals surface area contributed by atoms with E-state index in [1.54, 1.807) is 26.8 Å². The van der Waals surface area contributed by atoms with Gasteiger partial charge in [-0.1, -0.05) is 23.2 Å². The van der Waals surface area contributed by atoms with Crippen LogP contribution in [0.2, 0.25) is 10.0 Å².